The number of carbonyl (C=O) groups excluding carboxylic acids is 3. The number of carbonyl (C=O) groups is 3. The molecule has 59 heavy (non-hydrogen) atoms. The standard InChI is InChI=1S/C43H69N5O11/c1-11-34-43(8,55)37(52)28(6)39(53)47-24(2)21-42(7,56-23-31(49)22-44-17-18-45-30-14-15-32-29(20-30)13-12-16-46-32)38(26(4)35(50)27(5)40(54)58-34)59-41-36(51)33(48(9)10)19-25(3)57-41/h12-16,20,24-28,31,33-34,36-38,41,44-45,49,51-52,55H,11,17-19,21-23H2,1-10H3,(H,47,53)/t24-,25-,26+,27-,28-,31+,33+,34-,36-,37-,38-,41+,42-,43-/m1/s1. The predicted octanol–water partition coefficient (Wildman–Crippen LogP) is 2.00. The Morgan fingerprint density at radius 1 is 1.05 bits per heavy atom. The van der Waals surface area contributed by atoms with Gasteiger partial charge in [-0.1, -0.05) is 26.8 Å². The van der Waals surface area contributed by atoms with Crippen molar-refractivity contribution in [1.82, 2.24) is 20.5 Å². The van der Waals surface area contributed by atoms with Crippen LogP contribution < -0.4 is 16.0 Å². The topological polar surface area (TPSA) is 221 Å². The van der Waals surface area contributed by atoms with Crippen molar-refractivity contribution < 1.29 is 53.8 Å². The Kier molecular flexibility index (Phi) is 17.2. The van der Waals surface area contributed by atoms with Gasteiger partial charge in [0, 0.05) is 54.9 Å². The maximum atomic E-state index is 14.4. The second-order valence-corrected chi connectivity index (χ2v) is 17.3. The number of aliphatic hydroxyl groups excluding tert-OH is 3. The van der Waals surface area contributed by atoms with Crippen LogP contribution in [0.15, 0.2) is 36.5 Å². The molecule has 1 amide bonds. The van der Waals surface area contributed by atoms with Gasteiger partial charge in [-0.15, -0.1) is 0 Å². The summed E-state index contributed by atoms with van der Waals surface area (Å²) in [5, 5.41) is 56.0. The number of amides is 1. The predicted molar refractivity (Wildman–Crippen MR) is 222 cm³/mol. The number of ether oxygens (including phenoxy) is 4. The van der Waals surface area contributed by atoms with Crippen LogP contribution in [0.2, 0.25) is 0 Å². The summed E-state index contributed by atoms with van der Waals surface area (Å²) in [5.41, 5.74) is -1.66. The maximum absolute atomic E-state index is 14.4. The molecular weight excluding hydrogens is 762 g/mol. The molecule has 332 valence electrons. The minimum absolute atomic E-state index is 0.0253. The number of benzene rings is 1. The summed E-state index contributed by atoms with van der Waals surface area (Å²) in [6, 6.07) is 8.79. The molecule has 3 heterocycles. The molecule has 2 aromatic rings. The van der Waals surface area contributed by atoms with E-state index in [0.29, 0.717) is 19.5 Å². The molecule has 2 aliphatic rings. The molecule has 0 aliphatic carbocycles. The fourth-order valence-electron chi connectivity index (χ4n) is 8.33. The number of fused-ring (bicyclic) bond motifs is 1. The molecule has 1 aromatic heterocycles. The number of hydrogen-bond donors (Lipinski definition) is 7. The summed E-state index contributed by atoms with van der Waals surface area (Å²) in [7, 11) is 3.69. The Bertz CT molecular complexity index is 1700. The normalized spacial score (nSPS) is 36.1. The van der Waals surface area contributed by atoms with Gasteiger partial charge in [0.05, 0.1) is 48.1 Å². The molecule has 0 saturated carbocycles. The van der Waals surface area contributed by atoms with E-state index >= 15 is 0 Å². The van der Waals surface area contributed by atoms with Gasteiger partial charge < -0.3 is 60.2 Å². The van der Waals surface area contributed by atoms with E-state index in [2.05, 4.69) is 20.9 Å². The van der Waals surface area contributed by atoms with Crippen LogP contribution >= 0.6 is 0 Å². The first-order chi connectivity index (χ1) is 27.7. The lowest BCUT2D eigenvalue weighted by molar-refractivity contribution is -0.298. The number of Topliss-reactive ketones (excluding diaryl/α,β-unsaturated/α-hetero) is 1. The summed E-state index contributed by atoms with van der Waals surface area (Å²) in [6.45, 7) is 13.8. The second kappa shape index (κ2) is 21.0. The lowest BCUT2D eigenvalue weighted by Gasteiger charge is -2.47. The van der Waals surface area contributed by atoms with Crippen molar-refractivity contribution in [3.8, 4) is 0 Å². The minimum Gasteiger partial charge on any atom is -0.459 e. The molecule has 14 atom stereocenters. The number of anilines is 1. The Hall–Kier alpha value is -3.32. The molecule has 0 spiro atoms. The highest BCUT2D eigenvalue weighted by Crippen LogP contribution is 2.36. The van der Waals surface area contributed by atoms with E-state index < -0.39 is 89.5 Å². The zero-order chi connectivity index (χ0) is 43.8. The summed E-state index contributed by atoms with van der Waals surface area (Å²) in [5.74, 6) is -5.64. The fourth-order valence-corrected chi connectivity index (χ4v) is 8.33. The Morgan fingerprint density at radius 2 is 1.76 bits per heavy atom. The molecule has 7 N–H and O–H groups in total. The minimum atomic E-state index is -2.04. The van der Waals surface area contributed by atoms with Crippen LogP contribution in [0.5, 0.6) is 0 Å². The van der Waals surface area contributed by atoms with E-state index in [-0.39, 0.29) is 38.1 Å². The van der Waals surface area contributed by atoms with E-state index in [1.807, 2.05) is 56.3 Å². The van der Waals surface area contributed by atoms with Gasteiger partial charge in [0.15, 0.2) is 12.1 Å². The summed E-state index contributed by atoms with van der Waals surface area (Å²) >= 11 is 0. The molecule has 2 aliphatic heterocycles. The number of nitrogens with zero attached hydrogens (tertiary/aromatic N) is 2. The van der Waals surface area contributed by atoms with Crippen LogP contribution in [-0.2, 0) is 33.3 Å². The highest BCUT2D eigenvalue weighted by Gasteiger charge is 2.51. The average molecular weight is 832 g/mol. The number of esters is 1. The Labute approximate surface area is 348 Å². The highest BCUT2D eigenvalue weighted by atomic mass is 16.7. The van der Waals surface area contributed by atoms with Gasteiger partial charge in [-0.05, 0) is 92.2 Å². The third-order valence-electron chi connectivity index (χ3n) is 11.9. The summed E-state index contributed by atoms with van der Waals surface area (Å²) < 4.78 is 25.1. The van der Waals surface area contributed by atoms with E-state index in [1.165, 1.54) is 20.8 Å². The van der Waals surface area contributed by atoms with Gasteiger partial charge in [-0.25, -0.2) is 0 Å². The van der Waals surface area contributed by atoms with E-state index in [1.54, 1.807) is 33.9 Å². The van der Waals surface area contributed by atoms with Crippen LogP contribution in [0.1, 0.15) is 74.7 Å². The number of rotatable bonds is 13. The number of pyridine rings is 1. The average Bonchev–Trinajstić information content (AvgIpc) is 3.19. The monoisotopic (exact) mass is 831 g/mol. The number of nitrogens with one attached hydrogen (secondary N) is 3. The van der Waals surface area contributed by atoms with Gasteiger partial charge >= 0.3 is 5.97 Å². The molecule has 0 bridgehead atoms. The molecule has 1 aromatic carbocycles. The first kappa shape index (κ1) is 48.3. The van der Waals surface area contributed by atoms with Crippen LogP contribution in [0, 0.1) is 17.8 Å². The molecular formula is C43H69N5O11. The lowest BCUT2D eigenvalue weighted by atomic mass is 9.79. The number of aliphatic hydroxyl groups is 4. The number of ketones is 1. The quantitative estimate of drug-likeness (QED) is 0.0872. The molecule has 16 nitrogen and oxygen atoms in total. The molecule has 16 heteroatoms. The van der Waals surface area contributed by atoms with E-state index in [4.69, 9.17) is 18.9 Å². The lowest BCUT2D eigenvalue weighted by Crippen LogP contribution is -2.60. The molecule has 2 saturated heterocycles. The van der Waals surface area contributed by atoms with Crippen LogP contribution in [-0.4, -0.2) is 155 Å². The van der Waals surface area contributed by atoms with Crippen molar-refractivity contribution in [2.75, 3.05) is 45.7 Å². The van der Waals surface area contributed by atoms with Crippen LogP contribution in [0.4, 0.5) is 5.69 Å². The van der Waals surface area contributed by atoms with Crippen molar-refractivity contribution in [3.05, 3.63) is 36.5 Å². The second-order valence-electron chi connectivity index (χ2n) is 17.3. The third-order valence-corrected chi connectivity index (χ3v) is 11.9. The van der Waals surface area contributed by atoms with Crippen molar-refractivity contribution in [2.45, 2.75) is 141 Å². The van der Waals surface area contributed by atoms with Crippen LogP contribution in [0.3, 0.4) is 0 Å². The number of likely N-dealkylation sites (N-methyl/N-ethyl adjacent to an activating group) is 1. The number of hydrogen-bond acceptors (Lipinski definition) is 15. The first-order valence-corrected chi connectivity index (χ1v) is 20.9. The van der Waals surface area contributed by atoms with Crippen LogP contribution in [0.25, 0.3) is 10.9 Å². The molecule has 2 fully saturated rings. The maximum Gasteiger partial charge on any atom is 0.316 e. The number of aromatic nitrogens is 1. The van der Waals surface area contributed by atoms with Crippen molar-refractivity contribution >= 4 is 34.3 Å². The van der Waals surface area contributed by atoms with Crippen molar-refractivity contribution in [1.29, 1.82) is 0 Å². The Balaban J connectivity index is 1.61. The highest BCUT2D eigenvalue weighted by molar-refractivity contribution is 6.00. The SMILES string of the molecule is CC[C@H]1OC(=O)[C@H](C)C(=O)[C@H](C)[C@@H](O[C@@H]2O[C@H](C)C[C@H](N(C)C)[C@H]2O)[C@](C)(OC[C@@H](O)CNCCNc2ccc3ncccc3c2)C[C@@H](C)NC(=O)[C@H](C)[C@@H](O)[C@]1(C)O. The first-order valence-electron chi connectivity index (χ1n) is 20.9. The summed E-state index contributed by atoms with van der Waals surface area (Å²) in [4.78, 5) is 47.9. The van der Waals surface area contributed by atoms with Crippen molar-refractivity contribution in [3.63, 3.8) is 0 Å². The van der Waals surface area contributed by atoms with Gasteiger partial charge in [-0.2, -0.15) is 0 Å². The smallest absolute Gasteiger partial charge is 0.316 e. The third kappa shape index (κ3) is 12.2. The van der Waals surface area contributed by atoms with Gasteiger partial charge in [0.2, 0.25) is 5.91 Å². The van der Waals surface area contributed by atoms with Gasteiger partial charge in [0.25, 0.3) is 0 Å². The Morgan fingerprint density at radius 3 is 2.44 bits per heavy atom. The number of cyclic esters (lactones) is 1. The zero-order valence-electron chi connectivity index (χ0n) is 36.4. The summed E-state index contributed by atoms with van der Waals surface area (Å²) in [6.07, 6.45) is -5.37. The molecule has 4 rings (SSSR count). The van der Waals surface area contributed by atoms with E-state index in [0.717, 1.165) is 16.6 Å². The van der Waals surface area contributed by atoms with E-state index in [9.17, 15) is 34.8 Å². The van der Waals surface area contributed by atoms with Gasteiger partial charge in [-0.3, -0.25) is 19.4 Å². The van der Waals surface area contributed by atoms with Gasteiger partial charge in [0.1, 0.15) is 23.7 Å². The molecule has 0 unspecified atom stereocenters. The van der Waals surface area contributed by atoms with Crippen molar-refractivity contribution in [2.24, 2.45) is 17.8 Å². The fraction of sp³-hybridized carbons (Fsp3) is 0.721. The zero-order valence-corrected chi connectivity index (χ0v) is 36.4. The largest absolute Gasteiger partial charge is 0.459 e. The molecule has 0 radical (unpaired) electrons.